The molecule has 16 heavy (non-hydrogen) atoms. The summed E-state index contributed by atoms with van der Waals surface area (Å²) in [5.74, 6) is 1.19. The molecular weight excluding hydrogens is 246 g/mol. The molecule has 4 nitrogen and oxygen atoms in total. The molecule has 2 N–H and O–H groups in total. The third-order valence-corrected chi connectivity index (χ3v) is 4.01. The van der Waals surface area contributed by atoms with Crippen LogP contribution in [0.1, 0.15) is 24.2 Å². The highest BCUT2D eigenvalue weighted by Crippen LogP contribution is 2.35. The molecule has 0 saturated heterocycles. The highest BCUT2D eigenvalue weighted by molar-refractivity contribution is 7.14. The van der Waals surface area contributed by atoms with Crippen LogP contribution in [0.15, 0.2) is 9.90 Å². The maximum atomic E-state index is 6.12. The minimum absolute atomic E-state index is 0.0948. The molecule has 0 radical (unpaired) electrons. The van der Waals surface area contributed by atoms with Crippen molar-refractivity contribution in [3.8, 4) is 10.8 Å². The van der Waals surface area contributed by atoms with E-state index in [2.05, 4.69) is 10.1 Å². The molecule has 0 aliphatic carbocycles. The summed E-state index contributed by atoms with van der Waals surface area (Å²) in [7, 11) is 0. The van der Waals surface area contributed by atoms with Crippen molar-refractivity contribution in [2.24, 2.45) is 5.73 Å². The van der Waals surface area contributed by atoms with Gasteiger partial charge in [-0.15, -0.1) is 11.3 Å². The molecule has 0 aliphatic rings. The van der Waals surface area contributed by atoms with E-state index in [0.717, 1.165) is 10.4 Å². The molecular formula is C10H12ClN3OS. The number of aromatic nitrogens is 2. The van der Waals surface area contributed by atoms with Crippen molar-refractivity contribution >= 4 is 22.9 Å². The zero-order valence-corrected chi connectivity index (χ0v) is 10.6. The first-order valence-electron chi connectivity index (χ1n) is 4.91. The molecule has 0 bridgehead atoms. The minimum atomic E-state index is 0.0948. The molecule has 0 saturated carbocycles. The molecule has 86 valence electrons. The molecule has 1 unspecified atom stereocenters. The SMILES string of the molecule is Cc1csc(-c2nc(C(C)CN)no2)c1Cl. The third-order valence-electron chi connectivity index (χ3n) is 2.33. The Balaban J connectivity index is 2.35. The van der Waals surface area contributed by atoms with Gasteiger partial charge in [0.15, 0.2) is 5.82 Å². The Morgan fingerprint density at radius 3 is 2.94 bits per heavy atom. The van der Waals surface area contributed by atoms with Gasteiger partial charge in [0.1, 0.15) is 4.88 Å². The van der Waals surface area contributed by atoms with Crippen LogP contribution in [-0.2, 0) is 0 Å². The van der Waals surface area contributed by atoms with Crippen LogP contribution in [0.5, 0.6) is 0 Å². The van der Waals surface area contributed by atoms with Gasteiger partial charge in [0, 0.05) is 12.5 Å². The summed E-state index contributed by atoms with van der Waals surface area (Å²) in [6.45, 7) is 4.40. The summed E-state index contributed by atoms with van der Waals surface area (Å²) >= 11 is 7.63. The van der Waals surface area contributed by atoms with Crippen molar-refractivity contribution in [2.45, 2.75) is 19.8 Å². The number of nitrogens with zero attached hydrogens (tertiary/aromatic N) is 2. The maximum absolute atomic E-state index is 6.12. The Morgan fingerprint density at radius 1 is 1.62 bits per heavy atom. The number of rotatable bonds is 3. The molecule has 0 spiro atoms. The second-order valence-electron chi connectivity index (χ2n) is 3.66. The van der Waals surface area contributed by atoms with E-state index >= 15 is 0 Å². The molecule has 2 heterocycles. The lowest BCUT2D eigenvalue weighted by atomic mass is 10.2. The number of aryl methyl sites for hydroxylation is 1. The lowest BCUT2D eigenvalue weighted by Gasteiger charge is -1.98. The van der Waals surface area contributed by atoms with Crippen LogP contribution in [0.4, 0.5) is 0 Å². The number of halogens is 1. The quantitative estimate of drug-likeness (QED) is 0.918. The fourth-order valence-electron chi connectivity index (χ4n) is 1.21. The normalized spacial score (nSPS) is 13.0. The van der Waals surface area contributed by atoms with E-state index in [1.807, 2.05) is 19.2 Å². The molecule has 0 fully saturated rings. The van der Waals surface area contributed by atoms with Gasteiger partial charge in [0.25, 0.3) is 5.89 Å². The van der Waals surface area contributed by atoms with Gasteiger partial charge in [-0.05, 0) is 17.9 Å². The summed E-state index contributed by atoms with van der Waals surface area (Å²) in [6.07, 6.45) is 0. The number of nitrogens with two attached hydrogens (primary N) is 1. The van der Waals surface area contributed by atoms with E-state index in [1.165, 1.54) is 11.3 Å². The van der Waals surface area contributed by atoms with Gasteiger partial charge in [0.05, 0.1) is 5.02 Å². The monoisotopic (exact) mass is 257 g/mol. The molecule has 2 aromatic rings. The molecule has 1 atom stereocenters. The number of thiophene rings is 1. The average Bonchev–Trinajstić information content (AvgIpc) is 2.87. The molecule has 6 heteroatoms. The molecule has 0 aliphatic heterocycles. The van der Waals surface area contributed by atoms with Crippen LogP contribution < -0.4 is 5.73 Å². The fourth-order valence-corrected chi connectivity index (χ4v) is 2.40. The van der Waals surface area contributed by atoms with E-state index in [9.17, 15) is 0 Å². The Bertz CT molecular complexity index is 494. The van der Waals surface area contributed by atoms with Gasteiger partial charge in [-0.2, -0.15) is 4.98 Å². The highest BCUT2D eigenvalue weighted by atomic mass is 35.5. The summed E-state index contributed by atoms with van der Waals surface area (Å²) in [5.41, 5.74) is 6.56. The standard InChI is InChI=1S/C10H12ClN3OS/c1-5(3-12)9-13-10(15-14-9)8-7(11)6(2)4-16-8/h4-5H,3,12H2,1-2H3. The smallest absolute Gasteiger partial charge is 0.269 e. The highest BCUT2D eigenvalue weighted by Gasteiger charge is 2.17. The zero-order chi connectivity index (χ0) is 11.7. The summed E-state index contributed by atoms with van der Waals surface area (Å²) in [4.78, 5) is 5.12. The van der Waals surface area contributed by atoms with Crippen LogP contribution in [-0.4, -0.2) is 16.7 Å². The molecule has 0 aromatic carbocycles. The zero-order valence-electron chi connectivity index (χ0n) is 9.03. The van der Waals surface area contributed by atoms with E-state index in [4.69, 9.17) is 21.9 Å². The van der Waals surface area contributed by atoms with Crippen LogP contribution in [0.3, 0.4) is 0 Å². The number of hydrogen-bond donors (Lipinski definition) is 1. The third kappa shape index (κ3) is 1.98. The second kappa shape index (κ2) is 4.53. The van der Waals surface area contributed by atoms with Crippen molar-refractivity contribution in [3.05, 3.63) is 21.8 Å². The Hall–Kier alpha value is -0.910. The van der Waals surface area contributed by atoms with Gasteiger partial charge in [-0.25, -0.2) is 0 Å². The summed E-state index contributed by atoms with van der Waals surface area (Å²) in [6, 6.07) is 0. The van der Waals surface area contributed by atoms with E-state index < -0.39 is 0 Å². The van der Waals surface area contributed by atoms with Crippen molar-refractivity contribution in [1.29, 1.82) is 0 Å². The van der Waals surface area contributed by atoms with Gasteiger partial charge >= 0.3 is 0 Å². The largest absolute Gasteiger partial charge is 0.333 e. The Labute approximate surface area is 102 Å². The summed E-state index contributed by atoms with van der Waals surface area (Å²) < 4.78 is 5.18. The van der Waals surface area contributed by atoms with E-state index in [0.29, 0.717) is 23.3 Å². The Kier molecular flexibility index (Phi) is 3.28. The van der Waals surface area contributed by atoms with Crippen molar-refractivity contribution in [1.82, 2.24) is 10.1 Å². The van der Waals surface area contributed by atoms with Crippen LogP contribution >= 0.6 is 22.9 Å². The fraction of sp³-hybridized carbons (Fsp3) is 0.400. The van der Waals surface area contributed by atoms with Gasteiger partial charge < -0.3 is 10.3 Å². The van der Waals surface area contributed by atoms with Crippen molar-refractivity contribution < 1.29 is 4.52 Å². The average molecular weight is 258 g/mol. The lowest BCUT2D eigenvalue weighted by molar-refractivity contribution is 0.418. The molecule has 2 aromatic heterocycles. The predicted molar refractivity (Wildman–Crippen MR) is 64.8 cm³/mol. The van der Waals surface area contributed by atoms with Crippen LogP contribution in [0, 0.1) is 6.92 Å². The lowest BCUT2D eigenvalue weighted by Crippen LogP contribution is -2.10. The molecule has 0 amide bonds. The topological polar surface area (TPSA) is 64.9 Å². The van der Waals surface area contributed by atoms with Gasteiger partial charge in [-0.3, -0.25) is 0 Å². The van der Waals surface area contributed by atoms with E-state index in [1.54, 1.807) is 0 Å². The van der Waals surface area contributed by atoms with Gasteiger partial charge in [0.2, 0.25) is 0 Å². The van der Waals surface area contributed by atoms with Crippen LogP contribution in [0.2, 0.25) is 5.02 Å². The first-order valence-corrected chi connectivity index (χ1v) is 6.17. The first-order chi connectivity index (χ1) is 7.63. The summed E-state index contributed by atoms with van der Waals surface area (Å²) in [5, 5.41) is 6.54. The minimum Gasteiger partial charge on any atom is -0.333 e. The molecule has 2 rings (SSSR count). The van der Waals surface area contributed by atoms with Crippen molar-refractivity contribution in [2.75, 3.05) is 6.54 Å². The maximum Gasteiger partial charge on any atom is 0.269 e. The van der Waals surface area contributed by atoms with Crippen molar-refractivity contribution in [3.63, 3.8) is 0 Å². The second-order valence-corrected chi connectivity index (χ2v) is 4.91. The number of hydrogen-bond acceptors (Lipinski definition) is 5. The predicted octanol–water partition coefficient (Wildman–Crippen LogP) is 2.82. The Morgan fingerprint density at radius 2 is 2.38 bits per heavy atom. The van der Waals surface area contributed by atoms with Crippen LogP contribution in [0.25, 0.3) is 10.8 Å². The van der Waals surface area contributed by atoms with E-state index in [-0.39, 0.29) is 5.92 Å². The first kappa shape index (κ1) is 11.6. The van der Waals surface area contributed by atoms with Gasteiger partial charge in [-0.1, -0.05) is 23.7 Å².